The van der Waals surface area contributed by atoms with E-state index in [9.17, 15) is 22.0 Å². The van der Waals surface area contributed by atoms with Crippen LogP contribution in [-0.2, 0) is 14.6 Å². The van der Waals surface area contributed by atoms with Crippen molar-refractivity contribution in [3.8, 4) is 0 Å². The first kappa shape index (κ1) is 23.7. The van der Waals surface area contributed by atoms with E-state index in [1.165, 1.54) is 6.07 Å². The van der Waals surface area contributed by atoms with E-state index in [0.717, 1.165) is 18.1 Å². The quantitative estimate of drug-likeness (QED) is 0.675. The lowest BCUT2D eigenvalue weighted by atomic mass is 10.0. The van der Waals surface area contributed by atoms with Crippen LogP contribution in [0.4, 0.5) is 14.5 Å². The van der Waals surface area contributed by atoms with E-state index in [4.69, 9.17) is 0 Å². The van der Waals surface area contributed by atoms with Crippen molar-refractivity contribution in [1.82, 2.24) is 5.32 Å². The number of carbonyl (C=O) groups is 1. The van der Waals surface area contributed by atoms with Crippen LogP contribution in [0.1, 0.15) is 43.2 Å². The van der Waals surface area contributed by atoms with E-state index in [0.29, 0.717) is 56.6 Å². The van der Waals surface area contributed by atoms with Crippen LogP contribution in [0.15, 0.2) is 41.3 Å². The van der Waals surface area contributed by atoms with Crippen LogP contribution in [0, 0.1) is 31.4 Å². The number of carbonyl (C=O) groups excluding carboxylic acids is 1. The van der Waals surface area contributed by atoms with Gasteiger partial charge in [0, 0.05) is 31.4 Å². The summed E-state index contributed by atoms with van der Waals surface area (Å²) in [5.41, 5.74) is 2.10. The van der Waals surface area contributed by atoms with Crippen molar-refractivity contribution in [1.29, 1.82) is 0 Å². The molecule has 0 bridgehead atoms. The summed E-state index contributed by atoms with van der Waals surface area (Å²) in [6.45, 7) is 5.21. The van der Waals surface area contributed by atoms with Gasteiger partial charge in [-0.05, 0) is 68.4 Å². The summed E-state index contributed by atoms with van der Waals surface area (Å²) in [4.78, 5) is 15.6. The molecule has 1 amide bonds. The summed E-state index contributed by atoms with van der Waals surface area (Å²) in [7, 11) is -3.86. The van der Waals surface area contributed by atoms with Gasteiger partial charge in [0.2, 0.25) is 5.91 Å². The van der Waals surface area contributed by atoms with Crippen LogP contribution in [0.2, 0.25) is 0 Å². The summed E-state index contributed by atoms with van der Waals surface area (Å²) < 4.78 is 52.8. The van der Waals surface area contributed by atoms with E-state index >= 15 is 0 Å². The Balaban J connectivity index is 1.47. The molecule has 33 heavy (non-hydrogen) atoms. The van der Waals surface area contributed by atoms with E-state index in [2.05, 4.69) is 5.32 Å². The molecule has 1 atom stereocenters. The Morgan fingerprint density at radius 1 is 1.09 bits per heavy atom. The molecule has 1 aliphatic heterocycles. The van der Waals surface area contributed by atoms with Crippen LogP contribution in [0.5, 0.6) is 0 Å². The molecule has 2 aliphatic rings. The first-order chi connectivity index (χ1) is 15.6. The minimum atomic E-state index is -3.86. The van der Waals surface area contributed by atoms with Gasteiger partial charge in [0.15, 0.2) is 26.2 Å². The highest BCUT2D eigenvalue weighted by molar-refractivity contribution is 7.93. The molecular formula is C25H30F2N2O3S. The molecule has 1 saturated carbocycles. The number of nitrogens with zero attached hydrogens (tertiary/aromatic N) is 1. The van der Waals surface area contributed by atoms with E-state index in [1.54, 1.807) is 25.1 Å². The van der Waals surface area contributed by atoms with Gasteiger partial charge >= 0.3 is 0 Å². The summed E-state index contributed by atoms with van der Waals surface area (Å²) >= 11 is 0. The average Bonchev–Trinajstić information content (AvgIpc) is 3.46. The zero-order valence-electron chi connectivity index (χ0n) is 19.0. The molecule has 4 rings (SSSR count). The molecule has 2 fully saturated rings. The second-order valence-corrected chi connectivity index (χ2v) is 11.6. The summed E-state index contributed by atoms with van der Waals surface area (Å²) in [6.07, 6.45) is 2.81. The Morgan fingerprint density at radius 3 is 2.52 bits per heavy atom. The first-order valence-corrected chi connectivity index (χ1v) is 12.9. The van der Waals surface area contributed by atoms with Gasteiger partial charge in [0.05, 0.1) is 4.90 Å². The predicted molar refractivity (Wildman–Crippen MR) is 124 cm³/mol. The Morgan fingerprint density at radius 2 is 1.82 bits per heavy atom. The number of nitrogens with one attached hydrogen (secondary N) is 1. The number of amides is 1. The van der Waals surface area contributed by atoms with Gasteiger partial charge in [0.1, 0.15) is 0 Å². The molecule has 1 heterocycles. The standard InChI is InChI=1S/C25H30F2N2O3S/c1-17-5-6-18(2)23(13-17)33(31,32)25(10-3-4-11-25)24(30)28-15-19-9-12-29(16-19)20-7-8-21(26)22(27)14-20/h5-8,13-14,19H,3-4,9-12,15-16H2,1-2H3,(H,28,30). The zero-order chi connectivity index (χ0) is 23.8. The number of halogens is 2. The van der Waals surface area contributed by atoms with Gasteiger partial charge in [-0.2, -0.15) is 0 Å². The molecule has 2 aromatic rings. The number of anilines is 1. The van der Waals surface area contributed by atoms with Crippen molar-refractivity contribution < 1.29 is 22.0 Å². The normalized spacial score (nSPS) is 20.2. The van der Waals surface area contributed by atoms with Gasteiger partial charge in [-0.1, -0.05) is 25.0 Å². The minimum Gasteiger partial charge on any atom is -0.371 e. The number of aryl methyl sites for hydroxylation is 2. The SMILES string of the molecule is Cc1ccc(C)c(S(=O)(=O)C2(C(=O)NCC3CCN(c4ccc(F)c(F)c4)C3)CCCC2)c1. The van der Waals surface area contributed by atoms with Crippen molar-refractivity contribution >= 4 is 21.4 Å². The molecule has 8 heteroatoms. The van der Waals surface area contributed by atoms with Gasteiger partial charge in [0.25, 0.3) is 0 Å². The highest BCUT2D eigenvalue weighted by atomic mass is 32.2. The maximum atomic E-state index is 13.7. The van der Waals surface area contributed by atoms with Crippen LogP contribution in [0.3, 0.4) is 0 Å². The second kappa shape index (κ2) is 9.05. The van der Waals surface area contributed by atoms with Crippen LogP contribution in [-0.4, -0.2) is 38.7 Å². The molecule has 178 valence electrons. The third-order valence-corrected chi connectivity index (χ3v) is 9.72. The summed E-state index contributed by atoms with van der Waals surface area (Å²) in [6, 6.07) is 9.16. The van der Waals surface area contributed by atoms with Gasteiger partial charge in [-0.3, -0.25) is 4.79 Å². The Bertz CT molecular complexity index is 1160. The maximum absolute atomic E-state index is 13.7. The van der Waals surface area contributed by atoms with Crippen molar-refractivity contribution in [2.45, 2.75) is 55.6 Å². The smallest absolute Gasteiger partial charge is 0.241 e. The van der Waals surface area contributed by atoms with Crippen LogP contribution < -0.4 is 10.2 Å². The third-order valence-electron chi connectivity index (χ3n) is 7.08. The Labute approximate surface area is 194 Å². The number of benzene rings is 2. The molecule has 0 spiro atoms. The third kappa shape index (κ3) is 4.37. The molecule has 0 radical (unpaired) electrons. The fourth-order valence-electron chi connectivity index (χ4n) is 5.08. The lowest BCUT2D eigenvalue weighted by Crippen LogP contribution is -2.51. The number of hydrogen-bond donors (Lipinski definition) is 1. The van der Waals surface area contributed by atoms with E-state index < -0.39 is 32.1 Å². The van der Waals surface area contributed by atoms with Crippen LogP contribution >= 0.6 is 0 Å². The molecule has 1 N–H and O–H groups in total. The van der Waals surface area contributed by atoms with Gasteiger partial charge in [-0.15, -0.1) is 0 Å². The largest absolute Gasteiger partial charge is 0.371 e. The Kier molecular flexibility index (Phi) is 6.49. The first-order valence-electron chi connectivity index (χ1n) is 11.4. The van der Waals surface area contributed by atoms with Gasteiger partial charge in [-0.25, -0.2) is 17.2 Å². The van der Waals surface area contributed by atoms with Crippen molar-refractivity contribution in [3.05, 3.63) is 59.2 Å². The molecule has 1 aliphatic carbocycles. The van der Waals surface area contributed by atoms with E-state index in [-0.39, 0.29) is 10.8 Å². The average molecular weight is 477 g/mol. The van der Waals surface area contributed by atoms with Crippen molar-refractivity contribution in [2.24, 2.45) is 5.92 Å². The predicted octanol–water partition coefficient (Wildman–Crippen LogP) is 4.31. The highest BCUT2D eigenvalue weighted by Crippen LogP contribution is 2.42. The van der Waals surface area contributed by atoms with E-state index in [1.807, 2.05) is 17.9 Å². The lowest BCUT2D eigenvalue weighted by Gasteiger charge is -2.29. The molecule has 0 aromatic heterocycles. The van der Waals surface area contributed by atoms with Crippen molar-refractivity contribution in [2.75, 3.05) is 24.5 Å². The summed E-state index contributed by atoms with van der Waals surface area (Å²) in [5.74, 6) is -2.09. The molecule has 5 nitrogen and oxygen atoms in total. The van der Waals surface area contributed by atoms with Crippen LogP contribution in [0.25, 0.3) is 0 Å². The molecular weight excluding hydrogens is 446 g/mol. The van der Waals surface area contributed by atoms with Crippen molar-refractivity contribution in [3.63, 3.8) is 0 Å². The lowest BCUT2D eigenvalue weighted by molar-refractivity contribution is -0.123. The number of rotatable bonds is 6. The fraction of sp³-hybridized carbons (Fsp3) is 0.480. The maximum Gasteiger partial charge on any atom is 0.241 e. The Hall–Kier alpha value is -2.48. The summed E-state index contributed by atoms with van der Waals surface area (Å²) in [5, 5.41) is 2.93. The van der Waals surface area contributed by atoms with Gasteiger partial charge < -0.3 is 10.2 Å². The monoisotopic (exact) mass is 476 g/mol. The molecule has 1 unspecified atom stereocenters. The minimum absolute atomic E-state index is 0.101. The molecule has 1 saturated heterocycles. The number of hydrogen-bond acceptors (Lipinski definition) is 4. The zero-order valence-corrected chi connectivity index (χ0v) is 19.9. The topological polar surface area (TPSA) is 66.5 Å². The second-order valence-electron chi connectivity index (χ2n) is 9.38. The molecule has 2 aromatic carbocycles. The fourth-order valence-corrected chi connectivity index (χ4v) is 7.48. The number of sulfone groups is 1. The highest BCUT2D eigenvalue weighted by Gasteiger charge is 2.53.